The highest BCUT2D eigenvalue weighted by atomic mass is 79.9. The van der Waals surface area contributed by atoms with E-state index in [0.29, 0.717) is 18.2 Å². The summed E-state index contributed by atoms with van der Waals surface area (Å²) < 4.78 is 2.00. The van der Waals surface area contributed by atoms with Gasteiger partial charge in [0.15, 0.2) is 0 Å². The first kappa shape index (κ1) is 26.1. The van der Waals surface area contributed by atoms with Crippen molar-refractivity contribution in [3.05, 3.63) is 60.7 Å². The Hall–Kier alpha value is -0.990. The largest absolute Gasteiger partial charge is 0.340 e. The van der Waals surface area contributed by atoms with Crippen LogP contribution in [0, 0.1) is 5.92 Å². The molecule has 1 amide bonds. The lowest BCUT2D eigenvalue weighted by Gasteiger charge is -2.40. The van der Waals surface area contributed by atoms with Gasteiger partial charge in [-0.3, -0.25) is 14.7 Å². The highest BCUT2D eigenvalue weighted by Crippen LogP contribution is 2.41. The third-order valence-corrected chi connectivity index (χ3v) is 9.16. The summed E-state index contributed by atoms with van der Waals surface area (Å²) in [5.41, 5.74) is 4.92. The molecule has 1 fully saturated rings. The van der Waals surface area contributed by atoms with Gasteiger partial charge in [0, 0.05) is 47.7 Å². The Labute approximate surface area is 224 Å². The zero-order valence-electron chi connectivity index (χ0n) is 19.9. The summed E-state index contributed by atoms with van der Waals surface area (Å²) >= 11 is 13.8. The van der Waals surface area contributed by atoms with E-state index in [1.165, 1.54) is 16.7 Å². The summed E-state index contributed by atoms with van der Waals surface area (Å²) in [6.07, 6.45) is 6.48. The number of carbonyl (C=O) groups excluding carboxylic acids is 1. The second-order valence-corrected chi connectivity index (χ2v) is 11.4. The van der Waals surface area contributed by atoms with Crippen molar-refractivity contribution in [2.24, 2.45) is 5.92 Å². The fourth-order valence-corrected chi connectivity index (χ4v) is 6.35. The number of fused-ring (bicyclic) bond motifs is 2. The quantitative estimate of drug-likeness (QED) is 0.441. The fourth-order valence-electron chi connectivity index (χ4n) is 5.24. The van der Waals surface area contributed by atoms with Crippen LogP contribution in [-0.4, -0.2) is 60.5 Å². The minimum absolute atomic E-state index is 0.0606. The van der Waals surface area contributed by atoms with Crippen LogP contribution in [0.1, 0.15) is 54.6 Å². The molecule has 2 heterocycles. The van der Waals surface area contributed by atoms with Gasteiger partial charge in [0.05, 0.1) is 16.8 Å². The monoisotopic (exact) mass is 610 g/mol. The van der Waals surface area contributed by atoms with Crippen LogP contribution in [-0.2, 0) is 17.6 Å². The van der Waals surface area contributed by atoms with Crippen LogP contribution < -0.4 is 5.32 Å². The number of aromatic nitrogens is 1. The molecule has 8 heteroatoms. The molecule has 1 aliphatic heterocycles. The summed E-state index contributed by atoms with van der Waals surface area (Å²) in [5.74, 6) is 0.740. The molecule has 5 nitrogen and oxygen atoms in total. The number of amides is 1. The van der Waals surface area contributed by atoms with Crippen LogP contribution in [0.5, 0.6) is 0 Å². The number of rotatable bonds is 7. The zero-order chi connectivity index (χ0) is 24.2. The summed E-state index contributed by atoms with van der Waals surface area (Å²) in [5, 5.41) is 3.95. The van der Waals surface area contributed by atoms with E-state index in [4.69, 9.17) is 16.6 Å². The number of hydrogen-bond donors (Lipinski definition) is 1. The summed E-state index contributed by atoms with van der Waals surface area (Å²) in [6.45, 7) is 6.33. The van der Waals surface area contributed by atoms with Crippen molar-refractivity contribution in [1.82, 2.24) is 20.1 Å². The molecular formula is C26H33Br2ClN4O. The lowest BCUT2D eigenvalue weighted by Crippen LogP contribution is -2.50. The van der Waals surface area contributed by atoms with Crippen LogP contribution in [0.4, 0.5) is 0 Å². The van der Waals surface area contributed by atoms with E-state index >= 15 is 0 Å². The second-order valence-electron chi connectivity index (χ2n) is 9.32. The lowest BCUT2D eigenvalue weighted by atomic mass is 9.95. The first-order valence-corrected chi connectivity index (χ1v) is 14.2. The smallest absolute Gasteiger partial charge is 0.222 e. The average Bonchev–Trinajstić information content (AvgIpc) is 3.00. The molecule has 1 saturated heterocycles. The molecular weight excluding hydrogens is 580 g/mol. The molecule has 0 spiro atoms. The molecule has 1 aromatic heterocycles. The van der Waals surface area contributed by atoms with E-state index in [9.17, 15) is 4.79 Å². The Bertz CT molecular complexity index is 1030. The van der Waals surface area contributed by atoms with Crippen LogP contribution in [0.3, 0.4) is 0 Å². The number of nitrogens with one attached hydrogen (secondary N) is 1. The SMILES string of the molecule is CCC(CCNC)CC(=O)N1CCN(C2c3ccc(Cl)c(Br)c3CCc3cc(Br)cnc32)CC1. The van der Waals surface area contributed by atoms with E-state index in [-0.39, 0.29) is 6.04 Å². The third-order valence-electron chi connectivity index (χ3n) is 7.27. The molecule has 1 aliphatic carbocycles. The number of hydrogen-bond acceptors (Lipinski definition) is 4. The summed E-state index contributed by atoms with van der Waals surface area (Å²) in [7, 11) is 1.97. The average molecular weight is 613 g/mol. The first-order valence-electron chi connectivity index (χ1n) is 12.2. The van der Waals surface area contributed by atoms with E-state index in [1.807, 2.05) is 19.3 Å². The fraction of sp³-hybridized carbons (Fsp3) is 0.538. The Morgan fingerprint density at radius 3 is 2.71 bits per heavy atom. The molecule has 2 unspecified atom stereocenters. The maximum Gasteiger partial charge on any atom is 0.222 e. The Morgan fingerprint density at radius 1 is 1.24 bits per heavy atom. The zero-order valence-corrected chi connectivity index (χ0v) is 23.8. The number of nitrogens with zero attached hydrogens (tertiary/aromatic N) is 3. The van der Waals surface area contributed by atoms with Crippen molar-refractivity contribution in [1.29, 1.82) is 0 Å². The van der Waals surface area contributed by atoms with Crippen molar-refractivity contribution in [2.75, 3.05) is 39.8 Å². The van der Waals surface area contributed by atoms with Crippen LogP contribution in [0.15, 0.2) is 33.3 Å². The number of aryl methyl sites for hydroxylation is 1. The minimum atomic E-state index is 0.0606. The number of carbonyl (C=O) groups is 1. The summed E-state index contributed by atoms with van der Waals surface area (Å²) in [6, 6.07) is 6.41. The van der Waals surface area contributed by atoms with Crippen molar-refractivity contribution < 1.29 is 4.79 Å². The third kappa shape index (κ3) is 5.70. The number of pyridine rings is 1. The Morgan fingerprint density at radius 2 is 2.00 bits per heavy atom. The first-order chi connectivity index (χ1) is 16.4. The van der Waals surface area contributed by atoms with Crippen LogP contribution in [0.2, 0.25) is 5.02 Å². The van der Waals surface area contributed by atoms with Crippen molar-refractivity contribution >= 4 is 49.4 Å². The van der Waals surface area contributed by atoms with Gasteiger partial charge in [-0.2, -0.15) is 0 Å². The standard InChI is InChI=1S/C26H33Br2ClN4O/c1-3-17(8-9-30-2)14-23(34)32-10-12-33(13-11-32)26-21-6-7-22(29)24(28)20(21)5-4-18-15-19(27)16-31-25(18)26/h6-7,15-17,26,30H,3-5,8-14H2,1-2H3. The van der Waals surface area contributed by atoms with E-state index in [1.54, 1.807) is 0 Å². The molecule has 0 saturated carbocycles. The van der Waals surface area contributed by atoms with Crippen molar-refractivity contribution in [2.45, 2.75) is 45.1 Å². The maximum atomic E-state index is 13.0. The van der Waals surface area contributed by atoms with Gasteiger partial charge in [0.2, 0.25) is 5.91 Å². The molecule has 0 bridgehead atoms. The molecule has 2 aromatic rings. The molecule has 1 N–H and O–H groups in total. The molecule has 2 aliphatic rings. The molecule has 34 heavy (non-hydrogen) atoms. The highest BCUT2D eigenvalue weighted by molar-refractivity contribution is 9.10. The van der Waals surface area contributed by atoms with Gasteiger partial charge in [-0.1, -0.05) is 31.0 Å². The molecule has 0 radical (unpaired) electrons. The lowest BCUT2D eigenvalue weighted by molar-refractivity contribution is -0.134. The van der Waals surface area contributed by atoms with Gasteiger partial charge in [0.25, 0.3) is 0 Å². The second kappa shape index (κ2) is 11.8. The minimum Gasteiger partial charge on any atom is -0.340 e. The summed E-state index contributed by atoms with van der Waals surface area (Å²) in [4.78, 5) is 22.5. The highest BCUT2D eigenvalue weighted by Gasteiger charge is 2.34. The maximum absolute atomic E-state index is 13.0. The van der Waals surface area contributed by atoms with E-state index in [0.717, 1.165) is 78.1 Å². The van der Waals surface area contributed by atoms with E-state index in [2.05, 4.69) is 66.0 Å². The molecule has 4 rings (SSSR count). The Kier molecular flexibility index (Phi) is 9.08. The van der Waals surface area contributed by atoms with Crippen molar-refractivity contribution in [3.8, 4) is 0 Å². The van der Waals surface area contributed by atoms with Crippen molar-refractivity contribution in [3.63, 3.8) is 0 Å². The van der Waals surface area contributed by atoms with Gasteiger partial charge in [-0.05, 0) is 99.5 Å². The van der Waals surface area contributed by atoms with E-state index < -0.39 is 0 Å². The van der Waals surface area contributed by atoms with Gasteiger partial charge in [-0.15, -0.1) is 0 Å². The molecule has 1 aromatic carbocycles. The van der Waals surface area contributed by atoms with Gasteiger partial charge in [0.1, 0.15) is 0 Å². The normalized spacial score (nSPS) is 19.3. The predicted molar refractivity (Wildman–Crippen MR) is 145 cm³/mol. The van der Waals surface area contributed by atoms with Gasteiger partial charge >= 0.3 is 0 Å². The van der Waals surface area contributed by atoms with Gasteiger partial charge < -0.3 is 10.2 Å². The van der Waals surface area contributed by atoms with Crippen LogP contribution >= 0.6 is 43.5 Å². The molecule has 2 atom stereocenters. The number of halogens is 3. The van der Waals surface area contributed by atoms with Gasteiger partial charge in [-0.25, -0.2) is 0 Å². The number of benzene rings is 1. The number of piperazine rings is 1. The predicted octanol–water partition coefficient (Wildman–Crippen LogP) is 5.62. The Balaban J connectivity index is 1.55. The molecule has 184 valence electrons. The topological polar surface area (TPSA) is 48.5 Å². The van der Waals surface area contributed by atoms with Crippen LogP contribution in [0.25, 0.3) is 0 Å².